The van der Waals surface area contributed by atoms with Crippen molar-refractivity contribution in [3.63, 3.8) is 0 Å². The second-order valence-electron chi connectivity index (χ2n) is 6.08. The molecule has 3 aromatic rings. The van der Waals surface area contributed by atoms with Crippen molar-refractivity contribution in [2.75, 3.05) is 6.54 Å². The van der Waals surface area contributed by atoms with Crippen LogP contribution in [0.25, 0.3) is 22.3 Å². The van der Waals surface area contributed by atoms with Gasteiger partial charge in [-0.05, 0) is 41.8 Å². The third-order valence-corrected chi connectivity index (χ3v) is 4.28. The number of carboxylic acid groups (broad SMARTS) is 1. The van der Waals surface area contributed by atoms with Gasteiger partial charge in [0.1, 0.15) is 11.6 Å². The predicted molar refractivity (Wildman–Crippen MR) is 99.6 cm³/mol. The van der Waals surface area contributed by atoms with Crippen LogP contribution >= 0.6 is 0 Å². The lowest BCUT2D eigenvalue weighted by atomic mass is 9.91. The number of benzene rings is 3. The van der Waals surface area contributed by atoms with E-state index in [9.17, 15) is 23.5 Å². The van der Waals surface area contributed by atoms with E-state index in [4.69, 9.17) is 0 Å². The first-order chi connectivity index (χ1) is 13.4. The van der Waals surface area contributed by atoms with Crippen LogP contribution in [0.1, 0.15) is 27.6 Å². The van der Waals surface area contributed by atoms with Crippen LogP contribution in [0, 0.1) is 11.6 Å². The molecule has 28 heavy (non-hydrogen) atoms. The average molecular weight is 380 g/mol. The number of carboxylic acids is 1. The van der Waals surface area contributed by atoms with E-state index in [1.54, 1.807) is 37.3 Å². The van der Waals surface area contributed by atoms with Gasteiger partial charge in [0, 0.05) is 29.3 Å². The summed E-state index contributed by atoms with van der Waals surface area (Å²) in [5.74, 6) is -3.27. The summed E-state index contributed by atoms with van der Waals surface area (Å²) in [7, 11) is 0. The summed E-state index contributed by atoms with van der Waals surface area (Å²) in [4.78, 5) is 24.1. The molecule has 0 saturated carbocycles. The summed E-state index contributed by atoms with van der Waals surface area (Å²) in [6.07, 6.45) is 0. The molecular formula is C22H16F2NO3-. The Morgan fingerprint density at radius 2 is 1.57 bits per heavy atom. The maximum absolute atomic E-state index is 14.2. The standard InChI is InChI=1S/C22H17F2NO3/c1-2-25-21(26)19-11-13(15-10-8-14(23)12-20(15)24)7-9-17(19)16-5-3-4-6-18(16)22(27)28/h3-12H,2H2,1H3,(H,25,26)(H,27,28)/p-1. The van der Waals surface area contributed by atoms with E-state index < -0.39 is 23.5 Å². The van der Waals surface area contributed by atoms with Gasteiger partial charge in [0.2, 0.25) is 0 Å². The second kappa shape index (κ2) is 8.00. The van der Waals surface area contributed by atoms with Crippen LogP contribution in [0.5, 0.6) is 0 Å². The zero-order chi connectivity index (χ0) is 20.3. The average Bonchev–Trinajstić information content (AvgIpc) is 2.68. The molecule has 0 heterocycles. The summed E-state index contributed by atoms with van der Waals surface area (Å²) < 4.78 is 27.4. The zero-order valence-electron chi connectivity index (χ0n) is 15.0. The number of amides is 1. The van der Waals surface area contributed by atoms with Crippen molar-refractivity contribution in [2.45, 2.75) is 6.92 Å². The minimum atomic E-state index is -1.37. The number of carbonyl (C=O) groups is 2. The van der Waals surface area contributed by atoms with E-state index in [-0.39, 0.29) is 16.7 Å². The molecule has 0 radical (unpaired) electrons. The Kier molecular flexibility index (Phi) is 5.49. The Bertz CT molecular complexity index is 1060. The van der Waals surface area contributed by atoms with E-state index in [1.165, 1.54) is 18.2 Å². The molecule has 3 aromatic carbocycles. The lowest BCUT2D eigenvalue weighted by molar-refractivity contribution is -0.254. The third kappa shape index (κ3) is 3.76. The van der Waals surface area contributed by atoms with Crippen molar-refractivity contribution < 1.29 is 23.5 Å². The van der Waals surface area contributed by atoms with Crippen LogP contribution in [0.15, 0.2) is 60.7 Å². The van der Waals surface area contributed by atoms with Crippen LogP contribution in [0.2, 0.25) is 0 Å². The number of nitrogens with one attached hydrogen (secondary N) is 1. The molecule has 4 nitrogen and oxygen atoms in total. The van der Waals surface area contributed by atoms with Gasteiger partial charge >= 0.3 is 0 Å². The number of aromatic carboxylic acids is 1. The van der Waals surface area contributed by atoms with Crippen molar-refractivity contribution in [1.82, 2.24) is 5.32 Å². The molecule has 1 amide bonds. The number of halogens is 2. The maximum atomic E-state index is 14.2. The van der Waals surface area contributed by atoms with E-state index in [0.29, 0.717) is 23.2 Å². The largest absolute Gasteiger partial charge is 0.545 e. The van der Waals surface area contributed by atoms with Gasteiger partial charge < -0.3 is 15.2 Å². The lowest BCUT2D eigenvalue weighted by Gasteiger charge is -2.16. The van der Waals surface area contributed by atoms with Crippen molar-refractivity contribution in [3.8, 4) is 22.3 Å². The first-order valence-corrected chi connectivity index (χ1v) is 8.60. The lowest BCUT2D eigenvalue weighted by Crippen LogP contribution is -2.25. The predicted octanol–water partition coefficient (Wildman–Crippen LogP) is 3.41. The maximum Gasteiger partial charge on any atom is 0.251 e. The van der Waals surface area contributed by atoms with Crippen LogP contribution in [-0.2, 0) is 0 Å². The molecular weight excluding hydrogens is 364 g/mol. The topological polar surface area (TPSA) is 69.2 Å². The molecule has 0 spiro atoms. The highest BCUT2D eigenvalue weighted by Crippen LogP contribution is 2.32. The summed E-state index contributed by atoms with van der Waals surface area (Å²) >= 11 is 0. The quantitative estimate of drug-likeness (QED) is 0.738. The van der Waals surface area contributed by atoms with Crippen LogP contribution in [0.3, 0.4) is 0 Å². The number of hydrogen-bond donors (Lipinski definition) is 1. The zero-order valence-corrected chi connectivity index (χ0v) is 15.0. The van der Waals surface area contributed by atoms with Crippen molar-refractivity contribution in [3.05, 3.63) is 83.4 Å². The molecule has 1 N–H and O–H groups in total. The molecule has 0 aliphatic heterocycles. The SMILES string of the molecule is CCNC(=O)c1cc(-c2ccc(F)cc2F)ccc1-c1ccccc1C(=O)[O-]. The van der Waals surface area contributed by atoms with E-state index >= 15 is 0 Å². The Hall–Kier alpha value is -3.54. The van der Waals surface area contributed by atoms with Gasteiger partial charge in [-0.2, -0.15) is 0 Å². The summed E-state index contributed by atoms with van der Waals surface area (Å²) in [5.41, 5.74) is 1.30. The van der Waals surface area contributed by atoms with Crippen LogP contribution in [0.4, 0.5) is 8.78 Å². The number of rotatable bonds is 5. The monoisotopic (exact) mass is 380 g/mol. The van der Waals surface area contributed by atoms with E-state index in [2.05, 4.69) is 5.32 Å². The fourth-order valence-corrected chi connectivity index (χ4v) is 3.01. The van der Waals surface area contributed by atoms with Gasteiger partial charge in [-0.15, -0.1) is 0 Å². The fourth-order valence-electron chi connectivity index (χ4n) is 3.01. The molecule has 6 heteroatoms. The molecule has 0 aliphatic carbocycles. The van der Waals surface area contributed by atoms with Crippen molar-refractivity contribution >= 4 is 11.9 Å². The molecule has 142 valence electrons. The van der Waals surface area contributed by atoms with Crippen molar-refractivity contribution in [2.24, 2.45) is 0 Å². The van der Waals surface area contributed by atoms with E-state index in [1.807, 2.05) is 0 Å². The highest BCUT2D eigenvalue weighted by atomic mass is 19.1. The van der Waals surface area contributed by atoms with Gasteiger partial charge in [0.15, 0.2) is 0 Å². The highest BCUT2D eigenvalue weighted by Gasteiger charge is 2.17. The minimum Gasteiger partial charge on any atom is -0.545 e. The Morgan fingerprint density at radius 1 is 0.893 bits per heavy atom. The molecule has 0 aliphatic rings. The molecule has 0 aromatic heterocycles. The Balaban J connectivity index is 2.22. The molecule has 0 bridgehead atoms. The highest BCUT2D eigenvalue weighted by molar-refractivity contribution is 6.05. The molecule has 0 unspecified atom stereocenters. The summed E-state index contributed by atoms with van der Waals surface area (Å²) in [6.45, 7) is 2.10. The van der Waals surface area contributed by atoms with Crippen LogP contribution < -0.4 is 10.4 Å². The smallest absolute Gasteiger partial charge is 0.251 e. The molecule has 0 fully saturated rings. The molecule has 0 atom stereocenters. The number of carbonyl (C=O) groups excluding carboxylic acids is 2. The summed E-state index contributed by atoms with van der Waals surface area (Å²) in [5, 5.41) is 14.1. The van der Waals surface area contributed by atoms with Gasteiger partial charge in [0.05, 0.1) is 5.97 Å². The first-order valence-electron chi connectivity index (χ1n) is 8.60. The van der Waals surface area contributed by atoms with Gasteiger partial charge in [-0.25, -0.2) is 8.78 Å². The third-order valence-electron chi connectivity index (χ3n) is 4.28. The Labute approximate surface area is 160 Å². The van der Waals surface area contributed by atoms with Gasteiger partial charge in [0.25, 0.3) is 5.91 Å². The first kappa shape index (κ1) is 19.2. The summed E-state index contributed by atoms with van der Waals surface area (Å²) in [6, 6.07) is 13.9. The normalized spacial score (nSPS) is 10.5. The van der Waals surface area contributed by atoms with E-state index in [0.717, 1.165) is 12.1 Å². The van der Waals surface area contributed by atoms with Crippen LogP contribution in [-0.4, -0.2) is 18.4 Å². The van der Waals surface area contributed by atoms with Gasteiger partial charge in [-0.3, -0.25) is 4.79 Å². The minimum absolute atomic E-state index is 0.0613. The Morgan fingerprint density at radius 3 is 2.25 bits per heavy atom. The molecule has 0 saturated heterocycles. The van der Waals surface area contributed by atoms with Gasteiger partial charge in [-0.1, -0.05) is 36.4 Å². The van der Waals surface area contributed by atoms with Crippen molar-refractivity contribution in [1.29, 1.82) is 0 Å². The fraction of sp³-hybridized carbons (Fsp3) is 0.0909. The molecule has 3 rings (SSSR count). The second-order valence-corrected chi connectivity index (χ2v) is 6.08. The number of hydrogen-bond acceptors (Lipinski definition) is 3.